The van der Waals surface area contributed by atoms with Gasteiger partial charge in [0.05, 0.1) is 19.3 Å². The fraction of sp³-hybridized carbons (Fsp3) is 0.714. The number of hydrogen-bond donors (Lipinski definition) is 3. The first-order chi connectivity index (χ1) is 5.20. The maximum atomic E-state index is 9.09. The smallest absolute Gasteiger partial charge is 0.0724 e. The van der Waals surface area contributed by atoms with Crippen LogP contribution in [0.1, 0.15) is 6.42 Å². The van der Waals surface area contributed by atoms with Crippen molar-refractivity contribution in [3.63, 3.8) is 0 Å². The third-order valence-corrected chi connectivity index (χ3v) is 1.22. The van der Waals surface area contributed by atoms with Crippen LogP contribution in [0.3, 0.4) is 0 Å². The van der Waals surface area contributed by atoms with Crippen molar-refractivity contribution in [2.75, 3.05) is 19.7 Å². The van der Waals surface area contributed by atoms with Gasteiger partial charge in [-0.1, -0.05) is 6.08 Å². The minimum Gasteiger partial charge on any atom is -0.395 e. The summed E-state index contributed by atoms with van der Waals surface area (Å²) in [5.41, 5.74) is 0. The zero-order chi connectivity index (χ0) is 8.69. The molecule has 0 aromatic heterocycles. The van der Waals surface area contributed by atoms with Gasteiger partial charge >= 0.3 is 0 Å². The summed E-state index contributed by atoms with van der Waals surface area (Å²) >= 11 is 0. The second-order valence-electron chi connectivity index (χ2n) is 2.31. The first-order valence-corrected chi connectivity index (χ1v) is 3.54. The number of nitrogens with zero attached hydrogens (tertiary/aromatic N) is 1. The highest BCUT2D eigenvalue weighted by Crippen LogP contribution is 1.94. The topological polar surface area (TPSA) is 63.9 Å². The molecule has 11 heavy (non-hydrogen) atoms. The van der Waals surface area contributed by atoms with Crippen molar-refractivity contribution in [2.45, 2.75) is 12.5 Å². The van der Waals surface area contributed by atoms with Gasteiger partial charge in [0.15, 0.2) is 0 Å². The number of aliphatic hydroxyl groups is 2. The molecule has 4 heteroatoms. The molecule has 0 saturated carbocycles. The normalized spacial score (nSPS) is 13.5. The molecule has 0 rings (SSSR count). The van der Waals surface area contributed by atoms with Crippen LogP contribution in [0.4, 0.5) is 0 Å². The number of aliphatic hydroxyl groups excluding tert-OH is 2. The van der Waals surface area contributed by atoms with Crippen LogP contribution in [0.25, 0.3) is 0 Å². The zero-order valence-electron chi connectivity index (χ0n) is 6.48. The second kappa shape index (κ2) is 6.30. The summed E-state index contributed by atoms with van der Waals surface area (Å²) in [5, 5.41) is 27.3. The van der Waals surface area contributed by atoms with Gasteiger partial charge in [0.25, 0.3) is 0 Å². The Morgan fingerprint density at radius 2 is 2.18 bits per heavy atom. The summed E-state index contributed by atoms with van der Waals surface area (Å²) in [6, 6.07) is 0. The van der Waals surface area contributed by atoms with Crippen LogP contribution in [0.5, 0.6) is 0 Å². The molecule has 0 aromatic carbocycles. The molecule has 0 heterocycles. The minimum atomic E-state index is -0.607. The predicted molar refractivity (Wildman–Crippen MR) is 41.3 cm³/mol. The van der Waals surface area contributed by atoms with Gasteiger partial charge in [-0.3, -0.25) is 0 Å². The lowest BCUT2D eigenvalue weighted by Crippen LogP contribution is -2.31. The Morgan fingerprint density at radius 1 is 1.55 bits per heavy atom. The van der Waals surface area contributed by atoms with Gasteiger partial charge in [0.1, 0.15) is 0 Å². The summed E-state index contributed by atoms with van der Waals surface area (Å²) < 4.78 is 0. The van der Waals surface area contributed by atoms with Crippen LogP contribution in [0.15, 0.2) is 12.7 Å². The highest BCUT2D eigenvalue weighted by Gasteiger charge is 2.06. The lowest BCUT2D eigenvalue weighted by atomic mass is 10.2. The Kier molecular flexibility index (Phi) is 6.06. The van der Waals surface area contributed by atoms with E-state index in [2.05, 4.69) is 6.58 Å². The Balaban J connectivity index is 3.39. The third-order valence-electron chi connectivity index (χ3n) is 1.22. The third kappa shape index (κ3) is 6.00. The highest BCUT2D eigenvalue weighted by molar-refractivity contribution is 4.73. The van der Waals surface area contributed by atoms with E-state index in [0.717, 1.165) is 5.06 Å². The summed E-state index contributed by atoms with van der Waals surface area (Å²) in [4.78, 5) is 0. The molecule has 0 fully saturated rings. The lowest BCUT2D eigenvalue weighted by molar-refractivity contribution is -0.118. The Hall–Kier alpha value is -0.420. The molecule has 0 aliphatic rings. The van der Waals surface area contributed by atoms with Crippen molar-refractivity contribution in [3.8, 4) is 0 Å². The molecule has 0 aliphatic heterocycles. The molecule has 0 bridgehead atoms. The minimum absolute atomic E-state index is 0.114. The van der Waals surface area contributed by atoms with Crippen LogP contribution in [-0.2, 0) is 0 Å². The van der Waals surface area contributed by atoms with Crippen LogP contribution < -0.4 is 0 Å². The monoisotopic (exact) mass is 161 g/mol. The molecule has 0 aromatic rings. The Labute approximate surface area is 66.3 Å². The first kappa shape index (κ1) is 10.6. The number of hydroxylamine groups is 2. The van der Waals surface area contributed by atoms with E-state index < -0.39 is 6.10 Å². The van der Waals surface area contributed by atoms with E-state index in [1.54, 1.807) is 6.08 Å². The fourth-order valence-electron chi connectivity index (χ4n) is 0.717. The van der Waals surface area contributed by atoms with Crippen molar-refractivity contribution in [1.29, 1.82) is 0 Å². The second-order valence-corrected chi connectivity index (χ2v) is 2.31. The first-order valence-electron chi connectivity index (χ1n) is 3.54. The Bertz CT molecular complexity index is 108. The van der Waals surface area contributed by atoms with Crippen LogP contribution in [0, 0.1) is 0 Å². The van der Waals surface area contributed by atoms with Crippen molar-refractivity contribution in [3.05, 3.63) is 12.7 Å². The van der Waals surface area contributed by atoms with Gasteiger partial charge < -0.3 is 15.4 Å². The van der Waals surface area contributed by atoms with E-state index in [0.29, 0.717) is 6.42 Å². The predicted octanol–water partition coefficient (Wildman–Crippen LogP) is -0.393. The van der Waals surface area contributed by atoms with E-state index in [1.165, 1.54) is 0 Å². The maximum Gasteiger partial charge on any atom is 0.0724 e. The molecule has 0 saturated heterocycles. The molecule has 0 spiro atoms. The molecule has 0 aliphatic carbocycles. The van der Waals surface area contributed by atoms with E-state index in [1.807, 2.05) is 0 Å². The standard InChI is InChI=1S/C7H15NO3/c1-2-3-7(10)6-8(11)4-5-9/h2,7,9-11H,1,3-6H2. The van der Waals surface area contributed by atoms with Gasteiger partial charge in [0, 0.05) is 6.54 Å². The van der Waals surface area contributed by atoms with Gasteiger partial charge in [-0.25, -0.2) is 0 Å². The van der Waals surface area contributed by atoms with Gasteiger partial charge in [0.2, 0.25) is 0 Å². The molecule has 66 valence electrons. The zero-order valence-corrected chi connectivity index (χ0v) is 6.48. The quantitative estimate of drug-likeness (QED) is 0.366. The van der Waals surface area contributed by atoms with Crippen molar-refractivity contribution >= 4 is 0 Å². The van der Waals surface area contributed by atoms with Crippen molar-refractivity contribution in [2.24, 2.45) is 0 Å². The molecule has 0 amide bonds. The fourth-order valence-corrected chi connectivity index (χ4v) is 0.717. The SMILES string of the molecule is C=CCC(O)CN(O)CCO. The van der Waals surface area contributed by atoms with Gasteiger partial charge in [-0.2, -0.15) is 5.06 Å². The molecule has 1 unspecified atom stereocenters. The summed E-state index contributed by atoms with van der Waals surface area (Å²) in [7, 11) is 0. The van der Waals surface area contributed by atoms with E-state index in [9.17, 15) is 0 Å². The van der Waals surface area contributed by atoms with Gasteiger partial charge in [-0.15, -0.1) is 6.58 Å². The van der Waals surface area contributed by atoms with Crippen molar-refractivity contribution < 1.29 is 15.4 Å². The van der Waals surface area contributed by atoms with Gasteiger partial charge in [-0.05, 0) is 6.42 Å². The molecule has 1 atom stereocenters. The van der Waals surface area contributed by atoms with Crippen molar-refractivity contribution in [1.82, 2.24) is 5.06 Å². The molecule has 0 radical (unpaired) electrons. The number of hydrogen-bond acceptors (Lipinski definition) is 4. The maximum absolute atomic E-state index is 9.09. The highest BCUT2D eigenvalue weighted by atomic mass is 16.5. The molecular weight excluding hydrogens is 146 g/mol. The van der Waals surface area contributed by atoms with E-state index >= 15 is 0 Å². The Morgan fingerprint density at radius 3 is 2.64 bits per heavy atom. The summed E-state index contributed by atoms with van der Waals surface area (Å²) in [5.74, 6) is 0. The van der Waals surface area contributed by atoms with E-state index in [-0.39, 0.29) is 19.7 Å². The van der Waals surface area contributed by atoms with Crippen LogP contribution in [-0.4, -0.2) is 46.3 Å². The average molecular weight is 161 g/mol. The molecular formula is C7H15NO3. The van der Waals surface area contributed by atoms with E-state index in [4.69, 9.17) is 15.4 Å². The molecule has 3 N–H and O–H groups in total. The van der Waals surface area contributed by atoms with Crippen LogP contribution in [0.2, 0.25) is 0 Å². The van der Waals surface area contributed by atoms with Crippen LogP contribution >= 0.6 is 0 Å². The number of rotatable bonds is 6. The summed E-state index contributed by atoms with van der Waals surface area (Å²) in [6.45, 7) is 3.64. The molecule has 4 nitrogen and oxygen atoms in total. The average Bonchev–Trinajstić information content (AvgIpc) is 1.87. The lowest BCUT2D eigenvalue weighted by Gasteiger charge is -2.16. The largest absolute Gasteiger partial charge is 0.395 e. The summed E-state index contributed by atoms with van der Waals surface area (Å²) in [6.07, 6.45) is 1.42.